The number of hydrogen-bond donors (Lipinski definition) is 1. The first-order valence-electron chi connectivity index (χ1n) is 9.93. The number of ether oxygens (including phenoxy) is 2. The summed E-state index contributed by atoms with van der Waals surface area (Å²) in [6.45, 7) is 1.61. The van der Waals surface area contributed by atoms with Crippen LogP contribution in [0.4, 0.5) is 5.00 Å². The summed E-state index contributed by atoms with van der Waals surface area (Å²) in [4.78, 5) is 38.4. The fourth-order valence-electron chi connectivity index (χ4n) is 3.08. The summed E-state index contributed by atoms with van der Waals surface area (Å²) >= 11 is 4.49. The maximum atomic E-state index is 13.4. The van der Waals surface area contributed by atoms with Gasteiger partial charge in [-0.05, 0) is 43.3 Å². The number of para-hydroxylation sites is 1. The Balaban J connectivity index is 1.73. The molecule has 0 unspecified atom stereocenters. The second-order valence-electron chi connectivity index (χ2n) is 6.77. The molecule has 2 aromatic carbocycles. The standard InChI is InChI=1S/C23H18BrN3O5S/c1-2-31-23(30)20-17-13-33-21(25-18(28)12-32-16-6-4-3-5-7-16)19(17)22(29)27(26-20)15-10-8-14(24)9-11-15/h3-11,13H,2,12H2,1H3,(H,25,28). The summed E-state index contributed by atoms with van der Waals surface area (Å²) in [6, 6.07) is 15.8. The zero-order valence-electron chi connectivity index (χ0n) is 17.4. The fraction of sp³-hybridized carbons (Fsp3) is 0.130. The van der Waals surface area contributed by atoms with E-state index >= 15 is 0 Å². The van der Waals surface area contributed by atoms with E-state index in [9.17, 15) is 14.4 Å². The van der Waals surface area contributed by atoms with Crippen LogP contribution in [0.25, 0.3) is 16.5 Å². The summed E-state index contributed by atoms with van der Waals surface area (Å²) in [6.07, 6.45) is 0. The zero-order valence-corrected chi connectivity index (χ0v) is 19.8. The molecule has 0 bridgehead atoms. The number of rotatable bonds is 7. The third kappa shape index (κ3) is 4.96. The molecule has 0 radical (unpaired) electrons. The molecule has 168 valence electrons. The highest BCUT2D eigenvalue weighted by Gasteiger charge is 2.23. The van der Waals surface area contributed by atoms with Gasteiger partial charge in [-0.3, -0.25) is 9.59 Å². The minimum Gasteiger partial charge on any atom is -0.484 e. The van der Waals surface area contributed by atoms with Crippen LogP contribution in [-0.4, -0.2) is 34.9 Å². The van der Waals surface area contributed by atoms with E-state index in [4.69, 9.17) is 9.47 Å². The maximum Gasteiger partial charge on any atom is 0.359 e. The van der Waals surface area contributed by atoms with Crippen LogP contribution in [0.1, 0.15) is 17.4 Å². The van der Waals surface area contributed by atoms with Crippen molar-refractivity contribution in [3.63, 3.8) is 0 Å². The van der Waals surface area contributed by atoms with E-state index in [1.807, 2.05) is 6.07 Å². The van der Waals surface area contributed by atoms with Crippen molar-refractivity contribution >= 4 is 54.9 Å². The largest absolute Gasteiger partial charge is 0.484 e. The van der Waals surface area contributed by atoms with Crippen molar-refractivity contribution in [2.24, 2.45) is 0 Å². The van der Waals surface area contributed by atoms with Crippen molar-refractivity contribution in [2.75, 3.05) is 18.5 Å². The van der Waals surface area contributed by atoms with Gasteiger partial charge in [-0.1, -0.05) is 34.1 Å². The lowest BCUT2D eigenvalue weighted by Gasteiger charge is -2.10. The molecule has 4 rings (SSSR count). The molecule has 0 aliphatic heterocycles. The SMILES string of the molecule is CCOC(=O)c1nn(-c2ccc(Br)cc2)c(=O)c2c(NC(=O)COc3ccccc3)scc12. The highest BCUT2D eigenvalue weighted by Crippen LogP contribution is 2.30. The smallest absolute Gasteiger partial charge is 0.359 e. The third-order valence-electron chi connectivity index (χ3n) is 4.56. The predicted octanol–water partition coefficient (Wildman–Crippen LogP) is 4.40. The van der Waals surface area contributed by atoms with Crippen molar-refractivity contribution in [3.05, 3.63) is 80.5 Å². The van der Waals surface area contributed by atoms with Crippen LogP contribution in [0.15, 0.2) is 69.2 Å². The lowest BCUT2D eigenvalue weighted by molar-refractivity contribution is -0.118. The summed E-state index contributed by atoms with van der Waals surface area (Å²) in [5, 5.41) is 9.39. The first kappa shape index (κ1) is 22.7. The van der Waals surface area contributed by atoms with E-state index in [-0.39, 0.29) is 24.3 Å². The molecule has 1 amide bonds. The summed E-state index contributed by atoms with van der Waals surface area (Å²) in [5.74, 6) is -0.543. The Kier molecular flexibility index (Phi) is 6.85. The van der Waals surface area contributed by atoms with E-state index < -0.39 is 17.4 Å². The number of carbonyl (C=O) groups excluding carboxylic acids is 2. The average molecular weight is 528 g/mol. The predicted molar refractivity (Wildman–Crippen MR) is 129 cm³/mol. The average Bonchev–Trinajstić information content (AvgIpc) is 3.23. The fourth-order valence-corrected chi connectivity index (χ4v) is 4.29. The van der Waals surface area contributed by atoms with Gasteiger partial charge in [0.25, 0.3) is 11.5 Å². The number of hydrogen-bond acceptors (Lipinski definition) is 7. The van der Waals surface area contributed by atoms with Crippen molar-refractivity contribution in [2.45, 2.75) is 6.92 Å². The second kappa shape index (κ2) is 9.97. The lowest BCUT2D eigenvalue weighted by atomic mass is 10.2. The molecule has 2 aromatic heterocycles. The molecule has 8 nitrogen and oxygen atoms in total. The zero-order chi connectivity index (χ0) is 23.4. The van der Waals surface area contributed by atoms with Crippen LogP contribution in [0.5, 0.6) is 5.75 Å². The minimum atomic E-state index is -0.656. The molecule has 0 aliphatic carbocycles. The number of aromatic nitrogens is 2. The molecule has 0 spiro atoms. The van der Waals surface area contributed by atoms with Crippen LogP contribution >= 0.6 is 27.3 Å². The van der Waals surface area contributed by atoms with Gasteiger partial charge in [0, 0.05) is 15.2 Å². The quantitative estimate of drug-likeness (QED) is 0.357. The topological polar surface area (TPSA) is 99.5 Å². The Hall–Kier alpha value is -3.50. The number of halogens is 1. The van der Waals surface area contributed by atoms with Crippen LogP contribution in [0, 0.1) is 0 Å². The van der Waals surface area contributed by atoms with E-state index in [1.165, 1.54) is 0 Å². The number of carbonyl (C=O) groups is 2. The number of nitrogens with zero attached hydrogens (tertiary/aromatic N) is 2. The van der Waals surface area contributed by atoms with Gasteiger partial charge in [0.1, 0.15) is 10.8 Å². The first-order valence-corrected chi connectivity index (χ1v) is 11.6. The van der Waals surface area contributed by atoms with Gasteiger partial charge in [0.05, 0.1) is 17.7 Å². The third-order valence-corrected chi connectivity index (χ3v) is 5.98. The minimum absolute atomic E-state index is 0.00773. The molecule has 0 saturated heterocycles. The normalized spacial score (nSPS) is 10.7. The molecular weight excluding hydrogens is 510 g/mol. The highest BCUT2D eigenvalue weighted by atomic mass is 79.9. The number of anilines is 1. The molecule has 0 atom stereocenters. The Bertz CT molecular complexity index is 1370. The van der Waals surface area contributed by atoms with Crippen molar-refractivity contribution in [3.8, 4) is 11.4 Å². The highest BCUT2D eigenvalue weighted by molar-refractivity contribution is 9.10. The van der Waals surface area contributed by atoms with Crippen LogP contribution in [0.3, 0.4) is 0 Å². The van der Waals surface area contributed by atoms with Crippen molar-refractivity contribution in [1.29, 1.82) is 0 Å². The first-order chi connectivity index (χ1) is 16.0. The molecule has 0 saturated carbocycles. The molecule has 10 heteroatoms. The van der Waals surface area contributed by atoms with Gasteiger partial charge in [-0.2, -0.15) is 9.78 Å². The van der Waals surface area contributed by atoms with Crippen LogP contribution < -0.4 is 15.6 Å². The van der Waals surface area contributed by atoms with Crippen LogP contribution in [-0.2, 0) is 9.53 Å². The molecule has 0 fully saturated rings. The van der Waals surface area contributed by atoms with Crippen molar-refractivity contribution < 1.29 is 19.1 Å². The molecular formula is C23H18BrN3O5S. The number of amides is 1. The molecule has 0 aliphatic rings. The Morgan fingerprint density at radius 3 is 2.55 bits per heavy atom. The molecule has 2 heterocycles. The van der Waals surface area contributed by atoms with Gasteiger partial charge >= 0.3 is 5.97 Å². The lowest BCUT2D eigenvalue weighted by Crippen LogP contribution is -2.26. The molecule has 1 N–H and O–H groups in total. The van der Waals surface area contributed by atoms with E-state index in [0.717, 1.165) is 20.5 Å². The monoisotopic (exact) mass is 527 g/mol. The number of thiophene rings is 1. The summed E-state index contributed by atoms with van der Waals surface area (Å²) < 4.78 is 12.6. The Morgan fingerprint density at radius 2 is 1.85 bits per heavy atom. The summed E-state index contributed by atoms with van der Waals surface area (Å²) in [5.41, 5.74) is -0.0147. The summed E-state index contributed by atoms with van der Waals surface area (Å²) in [7, 11) is 0. The van der Waals surface area contributed by atoms with Crippen LogP contribution in [0.2, 0.25) is 0 Å². The van der Waals surface area contributed by atoms with E-state index in [2.05, 4.69) is 26.3 Å². The van der Waals surface area contributed by atoms with Gasteiger partial charge in [-0.25, -0.2) is 4.79 Å². The van der Waals surface area contributed by atoms with Crippen molar-refractivity contribution in [1.82, 2.24) is 9.78 Å². The number of nitrogens with one attached hydrogen (secondary N) is 1. The molecule has 33 heavy (non-hydrogen) atoms. The van der Waals surface area contributed by atoms with Gasteiger partial charge in [-0.15, -0.1) is 11.3 Å². The maximum absolute atomic E-state index is 13.4. The van der Waals surface area contributed by atoms with E-state index in [0.29, 0.717) is 21.8 Å². The van der Waals surface area contributed by atoms with Gasteiger partial charge < -0.3 is 14.8 Å². The number of esters is 1. The van der Waals surface area contributed by atoms with Gasteiger partial charge in [0.15, 0.2) is 12.3 Å². The second-order valence-corrected chi connectivity index (χ2v) is 8.56. The van der Waals surface area contributed by atoms with E-state index in [1.54, 1.807) is 60.8 Å². The van der Waals surface area contributed by atoms with Gasteiger partial charge in [0.2, 0.25) is 0 Å². The molecule has 4 aromatic rings. The Morgan fingerprint density at radius 1 is 1.12 bits per heavy atom. The number of fused-ring (bicyclic) bond motifs is 1. The number of benzene rings is 2. The Labute approximate surface area is 200 Å².